The predicted octanol–water partition coefficient (Wildman–Crippen LogP) is 22.0. The van der Waals surface area contributed by atoms with Crippen molar-refractivity contribution in [1.82, 2.24) is 0 Å². The quantitative estimate of drug-likeness (QED) is 0.0169. The van der Waals surface area contributed by atoms with Crippen molar-refractivity contribution >= 4 is 39.5 Å². The van der Waals surface area contributed by atoms with E-state index in [1.165, 1.54) is 44.9 Å². The molecule has 0 fully saturated rings. The molecule has 0 aromatic rings. The summed E-state index contributed by atoms with van der Waals surface area (Å²) in [5.74, 6) is -2.21. The normalized spacial score (nSPS) is 14.5. The van der Waals surface area contributed by atoms with Gasteiger partial charge in [-0.05, 0) is 141 Å². The van der Waals surface area contributed by atoms with Gasteiger partial charge in [0.15, 0.2) is 12.2 Å². The Hall–Kier alpha value is -4.02. The van der Waals surface area contributed by atoms with Gasteiger partial charge in [0, 0.05) is 25.7 Å². The minimum absolute atomic E-state index is 0.0760. The number of rotatable bonds is 72. The maximum absolute atomic E-state index is 13.1. The highest BCUT2D eigenvalue weighted by molar-refractivity contribution is 7.47. The molecule has 0 bridgehead atoms. The van der Waals surface area contributed by atoms with Crippen LogP contribution in [0.2, 0.25) is 0 Å². The molecule has 5 atom stereocenters. The van der Waals surface area contributed by atoms with Gasteiger partial charge in [0.25, 0.3) is 0 Å². The number of phosphoric acid groups is 2. The first kappa shape index (κ1) is 94.0. The molecular formula is C79H138O17P2. The lowest BCUT2D eigenvalue weighted by atomic mass is 10.1. The van der Waals surface area contributed by atoms with Crippen molar-refractivity contribution in [1.29, 1.82) is 0 Å². The number of hydrogen-bond donors (Lipinski definition) is 3. The number of allylic oxidation sites excluding steroid dienone is 16. The maximum atomic E-state index is 13.1. The smallest absolute Gasteiger partial charge is 0.462 e. The summed E-state index contributed by atoms with van der Waals surface area (Å²) in [7, 11) is -9.96. The van der Waals surface area contributed by atoms with E-state index in [2.05, 4.69) is 125 Å². The summed E-state index contributed by atoms with van der Waals surface area (Å²) in [5.41, 5.74) is 0. The highest BCUT2D eigenvalue weighted by Gasteiger charge is 2.30. The lowest BCUT2D eigenvalue weighted by molar-refractivity contribution is -0.161. The van der Waals surface area contributed by atoms with E-state index in [4.69, 9.17) is 37.0 Å². The molecule has 17 nitrogen and oxygen atoms in total. The molecule has 0 saturated heterocycles. The second kappa shape index (κ2) is 71.4. The number of aliphatic hydroxyl groups excluding tert-OH is 1. The second-order valence-corrected chi connectivity index (χ2v) is 28.5. The fraction of sp³-hybridized carbons (Fsp3) is 0.747. The highest BCUT2D eigenvalue weighted by Crippen LogP contribution is 2.45. The van der Waals surface area contributed by atoms with E-state index >= 15 is 0 Å². The Morgan fingerprint density at radius 2 is 0.551 bits per heavy atom. The van der Waals surface area contributed by atoms with Gasteiger partial charge < -0.3 is 33.8 Å². The SMILES string of the molecule is CC/C=C\C/C=C\C/C=C\CCCCCCCCCC(=O)OCC(COP(=O)(O)OCC(O)COP(=O)(O)OCC(COC(=O)CCCCCCC/C=C\C/C=C\CCCCC)OC(=O)CCCCCCC/C=C\CCCCCC)OC(=O)CCCCCCC/C=C\C/C=C\CCC. The van der Waals surface area contributed by atoms with E-state index in [-0.39, 0.29) is 25.7 Å². The molecule has 0 saturated carbocycles. The van der Waals surface area contributed by atoms with Crippen molar-refractivity contribution in [2.75, 3.05) is 39.6 Å². The average Bonchev–Trinajstić information content (AvgIpc) is 0.969. The molecule has 98 heavy (non-hydrogen) atoms. The topological polar surface area (TPSA) is 237 Å². The van der Waals surface area contributed by atoms with Crippen LogP contribution < -0.4 is 0 Å². The Kier molecular flexibility index (Phi) is 68.4. The van der Waals surface area contributed by atoms with Crippen molar-refractivity contribution in [3.63, 3.8) is 0 Å². The Labute approximate surface area is 595 Å². The van der Waals surface area contributed by atoms with E-state index < -0.39 is 97.5 Å². The molecule has 0 aromatic carbocycles. The van der Waals surface area contributed by atoms with Gasteiger partial charge in [-0.25, -0.2) is 9.13 Å². The van der Waals surface area contributed by atoms with Crippen molar-refractivity contribution in [2.24, 2.45) is 0 Å². The number of carbonyl (C=O) groups excluding carboxylic acids is 4. The maximum Gasteiger partial charge on any atom is 0.472 e. The van der Waals surface area contributed by atoms with Crippen LogP contribution in [0.15, 0.2) is 97.2 Å². The van der Waals surface area contributed by atoms with Crippen LogP contribution in [-0.4, -0.2) is 96.7 Å². The van der Waals surface area contributed by atoms with E-state index in [1.54, 1.807) is 0 Å². The van der Waals surface area contributed by atoms with Crippen molar-refractivity contribution in [3.05, 3.63) is 97.2 Å². The summed E-state index contributed by atoms with van der Waals surface area (Å²) in [6.45, 7) is 4.63. The van der Waals surface area contributed by atoms with Gasteiger partial charge in [-0.1, -0.05) is 253 Å². The third-order valence-corrected chi connectivity index (χ3v) is 17.9. The van der Waals surface area contributed by atoms with E-state index in [0.29, 0.717) is 25.7 Å². The zero-order valence-electron chi connectivity index (χ0n) is 61.7. The molecule has 5 unspecified atom stereocenters. The Morgan fingerprint density at radius 3 is 0.888 bits per heavy atom. The summed E-state index contributed by atoms with van der Waals surface area (Å²) in [6.07, 6.45) is 73.9. The minimum Gasteiger partial charge on any atom is -0.462 e. The van der Waals surface area contributed by atoms with Crippen LogP contribution in [-0.2, 0) is 65.4 Å². The van der Waals surface area contributed by atoms with Crippen LogP contribution >= 0.6 is 15.6 Å². The number of carbonyl (C=O) groups is 4. The molecule has 0 aliphatic rings. The van der Waals surface area contributed by atoms with Crippen LogP contribution in [0.1, 0.15) is 323 Å². The molecule has 0 aliphatic heterocycles. The van der Waals surface area contributed by atoms with Gasteiger partial charge >= 0.3 is 39.5 Å². The third-order valence-electron chi connectivity index (χ3n) is 16.0. The second-order valence-electron chi connectivity index (χ2n) is 25.6. The Morgan fingerprint density at radius 1 is 0.296 bits per heavy atom. The number of ether oxygens (including phenoxy) is 4. The first-order valence-electron chi connectivity index (χ1n) is 38.5. The minimum atomic E-state index is -4.98. The lowest BCUT2D eigenvalue weighted by Gasteiger charge is -2.21. The predicted molar refractivity (Wildman–Crippen MR) is 399 cm³/mol. The number of hydrogen-bond acceptors (Lipinski definition) is 15. The molecule has 0 aromatic heterocycles. The standard InChI is InChI=1S/C79H138O17P2/c1-5-9-13-17-21-25-29-33-35-36-38-42-44-48-52-56-60-64-77(82)90-70-75(96-79(84)66-62-58-54-50-46-40-32-28-24-20-16-12-8-4)72-94-98(87,88)92-68-73(80)67-91-97(85,86)93-71-74(95-78(83)65-61-57-53-49-45-39-31-27-23-19-15-11-7-3)69-89-76(81)63-59-55-51-47-43-41-37-34-30-26-22-18-14-10-6-2/h9,13,16,20-22,25-28,31-35,37,73-75,80H,5-8,10-12,14-15,17-19,23-24,29-30,36,38-72H2,1-4H3,(H,85,86)(H,87,88)/b13-9-,20-16-,25-21-,26-22-,31-27-,32-28-,35-33-,37-34-. The van der Waals surface area contributed by atoms with E-state index in [1.807, 2.05) is 0 Å². The van der Waals surface area contributed by atoms with Crippen molar-refractivity contribution < 1.29 is 80.2 Å². The first-order chi connectivity index (χ1) is 47.7. The molecular weight excluding hydrogens is 1280 g/mol. The number of esters is 4. The number of unbranched alkanes of at least 4 members (excludes halogenated alkanes) is 30. The van der Waals surface area contributed by atoms with Crippen LogP contribution in [0.5, 0.6) is 0 Å². The zero-order chi connectivity index (χ0) is 71.8. The van der Waals surface area contributed by atoms with Gasteiger partial charge in [-0.2, -0.15) is 0 Å². The average molecular weight is 1420 g/mol. The molecule has 19 heteroatoms. The summed E-state index contributed by atoms with van der Waals surface area (Å²) >= 11 is 0. The monoisotopic (exact) mass is 1420 g/mol. The van der Waals surface area contributed by atoms with Gasteiger partial charge in [-0.15, -0.1) is 0 Å². The molecule has 0 rings (SSSR count). The van der Waals surface area contributed by atoms with Crippen molar-refractivity contribution in [2.45, 2.75) is 341 Å². The molecule has 566 valence electrons. The van der Waals surface area contributed by atoms with Crippen LogP contribution in [0.4, 0.5) is 0 Å². The largest absolute Gasteiger partial charge is 0.472 e. The summed E-state index contributed by atoms with van der Waals surface area (Å²) in [5, 5.41) is 10.6. The summed E-state index contributed by atoms with van der Waals surface area (Å²) in [4.78, 5) is 72.8. The molecule has 3 N–H and O–H groups in total. The molecule has 0 heterocycles. The molecule has 0 spiro atoms. The Bertz CT molecular complexity index is 2240. The van der Waals surface area contributed by atoms with Gasteiger partial charge in [0.2, 0.25) is 0 Å². The fourth-order valence-electron chi connectivity index (χ4n) is 10.1. The van der Waals surface area contributed by atoms with E-state index in [9.17, 15) is 43.2 Å². The van der Waals surface area contributed by atoms with Crippen LogP contribution in [0, 0.1) is 0 Å². The van der Waals surface area contributed by atoms with Crippen LogP contribution in [0.25, 0.3) is 0 Å². The van der Waals surface area contributed by atoms with Gasteiger partial charge in [0.1, 0.15) is 19.3 Å². The van der Waals surface area contributed by atoms with E-state index in [0.717, 1.165) is 199 Å². The lowest BCUT2D eigenvalue weighted by Crippen LogP contribution is -2.30. The molecule has 0 amide bonds. The number of aliphatic hydroxyl groups is 1. The zero-order valence-corrected chi connectivity index (χ0v) is 63.5. The number of phosphoric ester groups is 2. The summed E-state index contributed by atoms with van der Waals surface area (Å²) in [6, 6.07) is 0. The first-order valence-corrected chi connectivity index (χ1v) is 41.5. The Balaban J connectivity index is 5.35. The van der Waals surface area contributed by atoms with Crippen molar-refractivity contribution in [3.8, 4) is 0 Å². The van der Waals surface area contributed by atoms with Crippen LogP contribution in [0.3, 0.4) is 0 Å². The summed E-state index contributed by atoms with van der Waals surface area (Å²) < 4.78 is 68.5. The van der Waals surface area contributed by atoms with Gasteiger partial charge in [0.05, 0.1) is 26.4 Å². The molecule has 0 radical (unpaired) electrons. The highest BCUT2D eigenvalue weighted by atomic mass is 31.2. The third kappa shape index (κ3) is 70.4. The van der Waals surface area contributed by atoms with Gasteiger partial charge in [-0.3, -0.25) is 37.3 Å². The molecule has 0 aliphatic carbocycles. The fourth-order valence-corrected chi connectivity index (χ4v) is 11.7.